The zero-order valence-corrected chi connectivity index (χ0v) is 45.4. The summed E-state index contributed by atoms with van der Waals surface area (Å²) in [4.78, 5) is 70.5. The third-order valence-corrected chi connectivity index (χ3v) is 14.1. The van der Waals surface area contributed by atoms with Crippen LogP contribution < -0.4 is 10.6 Å². The molecule has 0 aromatic heterocycles. The van der Waals surface area contributed by atoms with Gasteiger partial charge in [0, 0.05) is 13.0 Å². The van der Waals surface area contributed by atoms with Crippen LogP contribution in [-0.2, 0) is 91.1 Å². The third-order valence-electron chi connectivity index (χ3n) is 14.1. The van der Waals surface area contributed by atoms with Crippen LogP contribution in [0.25, 0.3) is 11.1 Å². The fourth-order valence-corrected chi connectivity index (χ4v) is 10.2. The molecule has 3 aliphatic heterocycles. The molecule has 5 aromatic rings. The molecule has 81 heavy (non-hydrogen) atoms. The highest BCUT2D eigenvalue weighted by Gasteiger charge is 2.54. The minimum Gasteiger partial charge on any atom is -0.463 e. The number of rotatable bonds is 14. The van der Waals surface area contributed by atoms with Crippen LogP contribution in [0.2, 0.25) is 0 Å². The van der Waals surface area contributed by atoms with Crippen LogP contribution in [0.15, 0.2) is 140 Å². The normalized spacial score (nSPS) is 27.4. The molecule has 2 amide bonds. The number of aliphatic hydroxyl groups excluding tert-OH is 2. The van der Waals surface area contributed by atoms with Gasteiger partial charge >= 0.3 is 24.0 Å². The molecular formula is C61H68N2O18. The quantitative estimate of drug-likeness (QED) is 0.0785. The first-order valence-electron chi connectivity index (χ1n) is 26.9. The lowest BCUT2D eigenvalue weighted by Crippen LogP contribution is -2.66. The lowest BCUT2D eigenvalue weighted by molar-refractivity contribution is -0.369. The Balaban J connectivity index is 1.06. The molecule has 4 N–H and O–H groups in total. The summed E-state index contributed by atoms with van der Waals surface area (Å²) < 4.78 is 68.0. The zero-order valence-electron chi connectivity index (χ0n) is 45.4. The molecule has 3 saturated heterocycles. The minimum absolute atomic E-state index is 0.00639. The van der Waals surface area contributed by atoms with Crippen molar-refractivity contribution in [1.82, 2.24) is 10.6 Å². The van der Waals surface area contributed by atoms with Crippen molar-refractivity contribution in [2.24, 2.45) is 0 Å². The van der Waals surface area contributed by atoms with Crippen LogP contribution in [0.1, 0.15) is 67.3 Å². The molecule has 4 bridgehead atoms. The molecule has 3 fully saturated rings. The molecule has 20 nitrogen and oxygen atoms in total. The highest BCUT2D eigenvalue weighted by Crippen LogP contribution is 2.44. The molecule has 9 rings (SSSR count). The molecular weight excluding hydrogens is 1050 g/mol. The Morgan fingerprint density at radius 3 is 1.68 bits per heavy atom. The van der Waals surface area contributed by atoms with E-state index < -0.39 is 135 Å². The van der Waals surface area contributed by atoms with Crippen molar-refractivity contribution in [2.75, 3.05) is 26.9 Å². The molecule has 430 valence electrons. The summed E-state index contributed by atoms with van der Waals surface area (Å²) in [5.41, 5.74) is 5.03. The van der Waals surface area contributed by atoms with E-state index in [0.29, 0.717) is 0 Å². The van der Waals surface area contributed by atoms with Crippen LogP contribution in [0, 0.1) is 0 Å². The molecule has 1 aliphatic carbocycles. The average molecular weight is 1120 g/mol. The van der Waals surface area contributed by atoms with Crippen molar-refractivity contribution < 1.29 is 86.3 Å². The maximum atomic E-state index is 14.5. The van der Waals surface area contributed by atoms with Crippen LogP contribution in [0.4, 0.5) is 4.79 Å². The smallest absolute Gasteiger partial charge is 0.407 e. The van der Waals surface area contributed by atoms with Crippen molar-refractivity contribution in [3.05, 3.63) is 167 Å². The summed E-state index contributed by atoms with van der Waals surface area (Å²) in [6.07, 6.45) is -16.9. The minimum atomic E-state index is -1.78. The molecule has 20 heteroatoms. The Labute approximate surface area is 469 Å². The summed E-state index contributed by atoms with van der Waals surface area (Å²) in [6.45, 7) is 3.37. The summed E-state index contributed by atoms with van der Waals surface area (Å²) in [5, 5.41) is 28.8. The van der Waals surface area contributed by atoms with E-state index in [1.165, 1.54) is 7.11 Å². The van der Waals surface area contributed by atoms with E-state index in [1.54, 1.807) is 20.8 Å². The fraction of sp³-hybridized carbons (Fsp3) is 0.426. The van der Waals surface area contributed by atoms with Gasteiger partial charge in [0.1, 0.15) is 86.3 Å². The van der Waals surface area contributed by atoms with Gasteiger partial charge in [-0.2, -0.15) is 0 Å². The number of amides is 2. The van der Waals surface area contributed by atoms with Gasteiger partial charge in [-0.3, -0.25) is 14.4 Å². The Hall–Kier alpha value is -7.11. The monoisotopic (exact) mass is 1120 g/mol. The van der Waals surface area contributed by atoms with Crippen LogP contribution in [-0.4, -0.2) is 146 Å². The number of cyclic esters (lactones) is 2. The molecule has 0 unspecified atom stereocenters. The fourth-order valence-electron chi connectivity index (χ4n) is 10.2. The highest BCUT2D eigenvalue weighted by molar-refractivity contribution is 5.94. The Morgan fingerprint density at radius 2 is 1.12 bits per heavy atom. The van der Waals surface area contributed by atoms with Gasteiger partial charge in [0.25, 0.3) is 0 Å². The largest absolute Gasteiger partial charge is 0.463 e. The second-order valence-corrected chi connectivity index (χ2v) is 21.1. The summed E-state index contributed by atoms with van der Waals surface area (Å²) in [5.74, 6) is -4.60. The highest BCUT2D eigenvalue weighted by atomic mass is 16.8. The summed E-state index contributed by atoms with van der Waals surface area (Å²) in [6, 6.07) is 39.8. The number of benzene rings is 5. The van der Waals surface area contributed by atoms with E-state index in [2.05, 4.69) is 10.6 Å². The molecule has 0 saturated carbocycles. The van der Waals surface area contributed by atoms with Gasteiger partial charge in [-0.25, -0.2) is 9.59 Å². The predicted molar refractivity (Wildman–Crippen MR) is 287 cm³/mol. The maximum absolute atomic E-state index is 14.5. The first-order valence-corrected chi connectivity index (χ1v) is 26.9. The zero-order chi connectivity index (χ0) is 57.0. The van der Waals surface area contributed by atoms with Crippen LogP contribution in [0.5, 0.6) is 0 Å². The first-order chi connectivity index (χ1) is 39.1. The molecule has 5 aromatic carbocycles. The molecule has 4 aliphatic rings. The van der Waals surface area contributed by atoms with Crippen molar-refractivity contribution in [1.29, 1.82) is 0 Å². The van der Waals surface area contributed by atoms with Gasteiger partial charge in [-0.1, -0.05) is 140 Å². The molecule has 12 atom stereocenters. The number of hydrogen-bond donors (Lipinski definition) is 4. The second kappa shape index (κ2) is 27.1. The third kappa shape index (κ3) is 15.1. The van der Waals surface area contributed by atoms with Crippen molar-refractivity contribution >= 4 is 29.9 Å². The summed E-state index contributed by atoms with van der Waals surface area (Å²) >= 11 is 0. The van der Waals surface area contributed by atoms with Crippen molar-refractivity contribution in [2.45, 2.75) is 138 Å². The first kappa shape index (κ1) is 58.5. The maximum Gasteiger partial charge on any atom is 0.407 e. The SMILES string of the molecule is CO[C@H]1O[C@@H]2COC(=O)C[C@@H](C(=O)OC(C)(C)C)NC(=O)[C@@H](NC(=O)OCC3c4ccccc4-c4ccccc43)CC(=O)OC[C@H]3O[C@H](O[C@H]([C@@H]1O)[C@@H]2O)[C@@H](OCc1ccccc1)[C@@H](OCc1ccccc1)[C@@H]3OCc1ccccc1. The number of hydrogen-bond acceptors (Lipinski definition) is 18. The number of aliphatic hydroxyl groups is 2. The van der Waals surface area contributed by atoms with Gasteiger partial charge in [-0.05, 0) is 59.7 Å². The molecule has 0 radical (unpaired) electrons. The van der Waals surface area contributed by atoms with Crippen molar-refractivity contribution in [3.63, 3.8) is 0 Å². The lowest BCUT2D eigenvalue weighted by Gasteiger charge is -2.48. The van der Waals surface area contributed by atoms with E-state index in [1.807, 2.05) is 140 Å². The van der Waals surface area contributed by atoms with E-state index in [-0.39, 0.29) is 32.3 Å². The topological polar surface area (TPSA) is 251 Å². The van der Waals surface area contributed by atoms with Crippen LogP contribution in [0.3, 0.4) is 0 Å². The lowest BCUT2D eigenvalue weighted by atomic mass is 9.96. The van der Waals surface area contributed by atoms with Crippen molar-refractivity contribution in [3.8, 4) is 11.1 Å². The van der Waals surface area contributed by atoms with E-state index >= 15 is 0 Å². The predicted octanol–water partition coefficient (Wildman–Crippen LogP) is 5.56. The second-order valence-electron chi connectivity index (χ2n) is 21.1. The van der Waals surface area contributed by atoms with E-state index in [9.17, 15) is 34.2 Å². The van der Waals surface area contributed by atoms with Gasteiger partial charge in [0.15, 0.2) is 12.6 Å². The number of ether oxygens (including phenoxy) is 11. The average Bonchev–Trinajstić information content (AvgIpc) is 4.01. The number of alkyl carbamates (subject to hydrolysis) is 1. The number of carbonyl (C=O) groups excluding carboxylic acids is 5. The number of fused-ring (bicyclic) bond motifs is 7. The molecule has 3 heterocycles. The summed E-state index contributed by atoms with van der Waals surface area (Å²) in [7, 11) is 1.26. The Kier molecular flexibility index (Phi) is 19.6. The van der Waals surface area contributed by atoms with Gasteiger partial charge < -0.3 is 73.0 Å². The Bertz CT molecular complexity index is 2860. The number of carbonyl (C=O) groups is 5. The molecule has 0 spiro atoms. The Morgan fingerprint density at radius 1 is 0.617 bits per heavy atom. The number of methoxy groups -OCH3 is 1. The number of esters is 3. The van der Waals surface area contributed by atoms with Gasteiger partial charge in [-0.15, -0.1) is 0 Å². The van der Waals surface area contributed by atoms with E-state index in [4.69, 9.17) is 52.1 Å². The van der Waals surface area contributed by atoms with E-state index in [0.717, 1.165) is 38.9 Å². The van der Waals surface area contributed by atoms with Gasteiger partial charge in [0.05, 0.1) is 32.7 Å². The van der Waals surface area contributed by atoms with Crippen LogP contribution >= 0.6 is 0 Å². The van der Waals surface area contributed by atoms with Gasteiger partial charge in [0.2, 0.25) is 5.91 Å². The number of nitrogens with one attached hydrogen (secondary N) is 2. The standard InChI is InChI=1S/C61H68N2O18/c1-61(2,3)81-57(69)45-29-49(65)72-34-46-50(66)53(51(67)58(71-4)78-46)80-59-55(76-32-38-22-12-7-13-23-38)54(75-31-37-20-10-6-11-21-37)52(74-30-36-18-8-5-9-19-36)47(79-59)35-73-48(64)28-44(56(68)62-45)63-60(70)77-33-43-41-26-16-14-24-39(41)40-25-15-17-27-42(40)43/h5-27,43-47,50-55,58-59,66-67H,28-35H2,1-4H3,(H,62,68)(H,63,70)/t44-,45-,46+,47+,50+,51-,52+,53-,54-,55-,58-,59+/m0/s1.